The van der Waals surface area contributed by atoms with E-state index in [1.807, 2.05) is 0 Å². The lowest BCUT2D eigenvalue weighted by atomic mass is 10.2. The first-order valence-corrected chi connectivity index (χ1v) is 8.57. The Balaban J connectivity index is 2.37. The van der Waals surface area contributed by atoms with Crippen molar-refractivity contribution in [3.05, 3.63) is 57.7 Å². The molecule has 2 heterocycles. The van der Waals surface area contributed by atoms with Crippen molar-refractivity contribution in [1.29, 1.82) is 0 Å². The van der Waals surface area contributed by atoms with Crippen molar-refractivity contribution >= 4 is 32.4 Å². The molecule has 0 unspecified atom stereocenters. The van der Waals surface area contributed by atoms with Crippen LogP contribution in [0.2, 0.25) is 0 Å². The third-order valence-corrected chi connectivity index (χ3v) is 5.48. The topological polar surface area (TPSA) is 107 Å². The van der Waals surface area contributed by atoms with Crippen LogP contribution in [0.1, 0.15) is 0 Å². The van der Waals surface area contributed by atoms with E-state index in [0.29, 0.717) is 6.20 Å². The van der Waals surface area contributed by atoms with Gasteiger partial charge in [-0.25, -0.2) is 39.3 Å². The SMILES string of the molecule is CNc1c([N+](=O)[O-])cnc2c1ccn2S(=O)(=O)c1c(F)c(F)c(F)c(F)c1F. The predicted octanol–water partition coefficient (Wildman–Crippen LogP) is 2.92. The molecule has 28 heavy (non-hydrogen) atoms. The molecule has 0 fully saturated rings. The number of nitrogens with one attached hydrogen (secondary N) is 1. The molecule has 3 rings (SSSR count). The maximum Gasteiger partial charge on any atom is 0.311 e. The molecule has 0 saturated heterocycles. The van der Waals surface area contributed by atoms with E-state index in [4.69, 9.17) is 0 Å². The fourth-order valence-electron chi connectivity index (χ4n) is 2.56. The summed E-state index contributed by atoms with van der Waals surface area (Å²) < 4.78 is 93.3. The highest BCUT2D eigenvalue weighted by Gasteiger charge is 2.35. The fourth-order valence-corrected chi connectivity index (χ4v) is 3.98. The van der Waals surface area contributed by atoms with Crippen LogP contribution in [0.5, 0.6) is 0 Å². The van der Waals surface area contributed by atoms with Gasteiger partial charge in [0.2, 0.25) is 5.82 Å². The van der Waals surface area contributed by atoms with E-state index in [1.54, 1.807) is 0 Å². The van der Waals surface area contributed by atoms with Crippen LogP contribution in [0.3, 0.4) is 0 Å². The minimum atomic E-state index is -5.34. The number of hydrogen-bond acceptors (Lipinski definition) is 6. The first kappa shape index (κ1) is 19.5. The Morgan fingerprint density at radius 1 is 1.07 bits per heavy atom. The zero-order chi connectivity index (χ0) is 21.0. The van der Waals surface area contributed by atoms with Gasteiger partial charge in [-0.1, -0.05) is 0 Å². The Morgan fingerprint density at radius 2 is 1.61 bits per heavy atom. The van der Waals surface area contributed by atoms with Crippen molar-refractivity contribution in [2.75, 3.05) is 12.4 Å². The van der Waals surface area contributed by atoms with Gasteiger partial charge in [0.15, 0.2) is 33.8 Å². The molecule has 14 heteroatoms. The number of hydrogen-bond donors (Lipinski definition) is 1. The second kappa shape index (κ2) is 6.40. The molecule has 0 spiro atoms. The van der Waals surface area contributed by atoms with Gasteiger partial charge >= 0.3 is 5.69 Å². The number of halogens is 5. The highest BCUT2D eigenvalue weighted by Crippen LogP contribution is 2.34. The van der Waals surface area contributed by atoms with Crippen LogP contribution in [0, 0.1) is 39.2 Å². The number of benzene rings is 1. The highest BCUT2D eigenvalue weighted by molar-refractivity contribution is 7.90. The van der Waals surface area contributed by atoms with E-state index in [1.165, 1.54) is 7.05 Å². The monoisotopic (exact) mass is 422 g/mol. The molecule has 0 radical (unpaired) electrons. The van der Waals surface area contributed by atoms with E-state index >= 15 is 0 Å². The van der Waals surface area contributed by atoms with Gasteiger partial charge in [-0.05, 0) is 6.07 Å². The van der Waals surface area contributed by atoms with Crippen LogP contribution in [-0.4, -0.2) is 29.3 Å². The maximum atomic E-state index is 14.0. The number of fused-ring (bicyclic) bond motifs is 1. The molecular weight excluding hydrogens is 415 g/mol. The van der Waals surface area contributed by atoms with Crippen molar-refractivity contribution in [3.8, 4) is 0 Å². The Labute approximate surface area is 152 Å². The summed E-state index contributed by atoms with van der Waals surface area (Å²) in [6.07, 6.45) is 1.40. The Bertz CT molecular complexity index is 1230. The molecular formula is C14H7F5N4O4S. The lowest BCUT2D eigenvalue weighted by Crippen LogP contribution is -2.19. The third-order valence-electron chi connectivity index (χ3n) is 3.79. The number of aromatic nitrogens is 2. The summed E-state index contributed by atoms with van der Waals surface area (Å²) >= 11 is 0. The van der Waals surface area contributed by atoms with Crippen LogP contribution in [-0.2, 0) is 10.0 Å². The van der Waals surface area contributed by atoms with Crippen molar-refractivity contribution in [3.63, 3.8) is 0 Å². The lowest BCUT2D eigenvalue weighted by molar-refractivity contribution is -0.384. The van der Waals surface area contributed by atoms with Crippen molar-refractivity contribution < 1.29 is 35.3 Å². The molecule has 0 atom stereocenters. The van der Waals surface area contributed by atoms with Gasteiger partial charge in [-0.3, -0.25) is 10.1 Å². The standard InChI is InChI=1S/C14H7F5N4O4S/c1-20-12-5-2-3-22(14(5)21-4-6(12)23(24)25)28(26,27)13-10(18)8(16)7(15)9(17)11(13)19/h2-4H,1H3,(H,20,21). The van der Waals surface area contributed by atoms with E-state index < -0.39 is 60.3 Å². The largest absolute Gasteiger partial charge is 0.382 e. The van der Waals surface area contributed by atoms with Crippen LogP contribution >= 0.6 is 0 Å². The van der Waals surface area contributed by atoms with E-state index in [0.717, 1.165) is 12.3 Å². The molecule has 1 aromatic carbocycles. The molecule has 1 N–H and O–H groups in total. The zero-order valence-electron chi connectivity index (χ0n) is 13.5. The fraction of sp³-hybridized carbons (Fsp3) is 0.0714. The Kier molecular flexibility index (Phi) is 4.45. The molecule has 0 aliphatic heterocycles. The van der Waals surface area contributed by atoms with E-state index in [9.17, 15) is 40.5 Å². The highest BCUT2D eigenvalue weighted by atomic mass is 32.2. The van der Waals surface area contributed by atoms with Gasteiger partial charge < -0.3 is 5.32 Å². The second-order valence-electron chi connectivity index (χ2n) is 5.28. The maximum absolute atomic E-state index is 14.0. The second-order valence-corrected chi connectivity index (χ2v) is 7.03. The zero-order valence-corrected chi connectivity index (χ0v) is 14.3. The average Bonchev–Trinajstić information content (AvgIpc) is 3.08. The molecule has 148 valence electrons. The van der Waals surface area contributed by atoms with Gasteiger partial charge in [0.05, 0.1) is 10.3 Å². The van der Waals surface area contributed by atoms with E-state index in [-0.39, 0.29) is 15.0 Å². The number of pyridine rings is 1. The first-order chi connectivity index (χ1) is 13.0. The summed E-state index contributed by atoms with van der Waals surface area (Å²) in [7, 11) is -4.05. The Morgan fingerprint density at radius 3 is 2.11 bits per heavy atom. The molecule has 0 bridgehead atoms. The summed E-state index contributed by atoms with van der Waals surface area (Å²) in [6, 6.07) is 1.02. The van der Waals surface area contributed by atoms with Gasteiger partial charge in [0, 0.05) is 13.2 Å². The third kappa shape index (κ3) is 2.56. The van der Waals surface area contributed by atoms with Gasteiger partial charge in [-0.2, -0.15) is 0 Å². The smallest absolute Gasteiger partial charge is 0.311 e. The predicted molar refractivity (Wildman–Crippen MR) is 84.7 cm³/mol. The quantitative estimate of drug-likeness (QED) is 0.228. The Hall–Kier alpha value is -3.29. The van der Waals surface area contributed by atoms with E-state index in [2.05, 4.69) is 10.3 Å². The number of nitrogens with zero attached hydrogens (tertiary/aromatic N) is 3. The molecule has 3 aromatic rings. The molecule has 0 aliphatic rings. The van der Waals surface area contributed by atoms with Gasteiger partial charge in [0.1, 0.15) is 11.9 Å². The van der Waals surface area contributed by atoms with Crippen molar-refractivity contribution in [2.45, 2.75) is 4.90 Å². The number of nitro groups is 1. The van der Waals surface area contributed by atoms with Crippen LogP contribution in [0.4, 0.5) is 33.3 Å². The normalized spacial score (nSPS) is 11.8. The van der Waals surface area contributed by atoms with Crippen LogP contribution < -0.4 is 5.32 Å². The summed E-state index contributed by atoms with van der Waals surface area (Å²) in [5, 5.41) is 13.4. The number of anilines is 1. The molecule has 0 saturated carbocycles. The molecule has 8 nitrogen and oxygen atoms in total. The summed E-state index contributed by atoms with van der Waals surface area (Å²) in [6.45, 7) is 0. The minimum absolute atomic E-state index is 0.135. The summed E-state index contributed by atoms with van der Waals surface area (Å²) in [4.78, 5) is 11.7. The molecule has 2 aromatic heterocycles. The first-order valence-electron chi connectivity index (χ1n) is 7.13. The molecule has 0 aliphatic carbocycles. The van der Waals surface area contributed by atoms with Crippen molar-refractivity contribution in [1.82, 2.24) is 8.96 Å². The summed E-state index contributed by atoms with van der Waals surface area (Å²) in [5.74, 6) is -12.5. The number of rotatable bonds is 4. The van der Waals surface area contributed by atoms with Crippen LogP contribution in [0.15, 0.2) is 23.4 Å². The molecule has 0 amide bonds. The minimum Gasteiger partial charge on any atom is -0.382 e. The lowest BCUT2D eigenvalue weighted by Gasteiger charge is -2.11. The average molecular weight is 422 g/mol. The van der Waals surface area contributed by atoms with Gasteiger partial charge in [0.25, 0.3) is 10.0 Å². The van der Waals surface area contributed by atoms with Crippen molar-refractivity contribution in [2.24, 2.45) is 0 Å². The summed E-state index contributed by atoms with van der Waals surface area (Å²) in [5.41, 5.74) is -1.22. The van der Waals surface area contributed by atoms with Crippen LogP contribution in [0.25, 0.3) is 11.0 Å². The van der Waals surface area contributed by atoms with Gasteiger partial charge in [-0.15, -0.1) is 0 Å².